The van der Waals surface area contributed by atoms with Gasteiger partial charge in [-0.2, -0.15) is 0 Å². The van der Waals surface area contributed by atoms with E-state index in [1.54, 1.807) is 39.8 Å². The summed E-state index contributed by atoms with van der Waals surface area (Å²) in [6, 6.07) is 14.9. The van der Waals surface area contributed by atoms with Crippen LogP contribution in [0.2, 0.25) is 0 Å². The Hall–Kier alpha value is -3.41. The van der Waals surface area contributed by atoms with Crippen LogP contribution in [0.5, 0.6) is 5.75 Å². The van der Waals surface area contributed by atoms with Crippen molar-refractivity contribution >= 4 is 22.8 Å². The Morgan fingerprint density at radius 1 is 0.938 bits per heavy atom. The van der Waals surface area contributed by atoms with Crippen molar-refractivity contribution in [3.63, 3.8) is 0 Å². The molecule has 168 valence electrons. The highest BCUT2D eigenvalue weighted by atomic mass is 16.6. The molecule has 0 radical (unpaired) electrons. The molecule has 6 nitrogen and oxygen atoms in total. The highest BCUT2D eigenvalue weighted by Crippen LogP contribution is 2.30. The quantitative estimate of drug-likeness (QED) is 0.443. The van der Waals surface area contributed by atoms with Crippen LogP contribution in [0, 0.1) is 0 Å². The largest absolute Gasteiger partial charge is 0.476 e. The van der Waals surface area contributed by atoms with Crippen LogP contribution >= 0.6 is 0 Å². The van der Waals surface area contributed by atoms with Gasteiger partial charge in [0.25, 0.3) is 0 Å². The fourth-order valence-corrected chi connectivity index (χ4v) is 3.47. The Balaban J connectivity index is 2.02. The Labute approximate surface area is 188 Å². The minimum absolute atomic E-state index is 0.279. The van der Waals surface area contributed by atoms with Crippen molar-refractivity contribution in [3.05, 3.63) is 59.7 Å². The first-order valence-electron chi connectivity index (χ1n) is 10.9. The molecule has 0 aliphatic carbocycles. The minimum atomic E-state index is -1.12. The van der Waals surface area contributed by atoms with E-state index in [1.165, 1.54) is 0 Å². The summed E-state index contributed by atoms with van der Waals surface area (Å²) in [7, 11) is 0. The van der Waals surface area contributed by atoms with E-state index >= 15 is 0 Å². The second-order valence-electron chi connectivity index (χ2n) is 7.80. The highest BCUT2D eigenvalue weighted by Gasteiger charge is 2.31. The van der Waals surface area contributed by atoms with Gasteiger partial charge < -0.3 is 14.2 Å². The maximum Gasteiger partial charge on any atom is 0.349 e. The molecular formula is C26H29NO5. The molecule has 0 unspecified atom stereocenters. The fraction of sp³-hybridized carbons (Fsp3) is 0.346. The summed E-state index contributed by atoms with van der Waals surface area (Å²) in [5.41, 5.74) is 2.53. The first-order valence-corrected chi connectivity index (χ1v) is 10.9. The molecule has 0 amide bonds. The maximum absolute atomic E-state index is 12.7. The lowest BCUT2D eigenvalue weighted by Crippen LogP contribution is -2.39. The van der Waals surface area contributed by atoms with Gasteiger partial charge in [-0.1, -0.05) is 19.1 Å². The SMILES string of the molecule is CCOC(=O)c1cc2c(CC)cccc2nc1-c1ccc(OC(C)(C)C(=O)OCC)cc1. The van der Waals surface area contributed by atoms with E-state index in [9.17, 15) is 9.59 Å². The zero-order valence-corrected chi connectivity index (χ0v) is 19.2. The van der Waals surface area contributed by atoms with Crippen LogP contribution < -0.4 is 4.74 Å². The molecule has 3 rings (SSSR count). The number of esters is 2. The van der Waals surface area contributed by atoms with E-state index in [4.69, 9.17) is 19.2 Å². The van der Waals surface area contributed by atoms with E-state index in [1.807, 2.05) is 36.4 Å². The molecule has 32 heavy (non-hydrogen) atoms. The van der Waals surface area contributed by atoms with Gasteiger partial charge in [0.15, 0.2) is 5.60 Å². The molecule has 0 fully saturated rings. The minimum Gasteiger partial charge on any atom is -0.476 e. The third-order valence-corrected chi connectivity index (χ3v) is 5.09. The number of aromatic nitrogens is 1. The van der Waals surface area contributed by atoms with Crippen molar-refractivity contribution in [1.82, 2.24) is 4.98 Å². The summed E-state index contributed by atoms with van der Waals surface area (Å²) in [5, 5.41) is 0.943. The second-order valence-corrected chi connectivity index (χ2v) is 7.80. The normalized spacial score (nSPS) is 11.3. The third-order valence-electron chi connectivity index (χ3n) is 5.09. The number of hydrogen-bond acceptors (Lipinski definition) is 6. The molecular weight excluding hydrogens is 406 g/mol. The van der Waals surface area contributed by atoms with Crippen LogP contribution in [0.15, 0.2) is 48.5 Å². The van der Waals surface area contributed by atoms with Gasteiger partial charge in [-0.15, -0.1) is 0 Å². The molecule has 0 spiro atoms. The summed E-state index contributed by atoms with van der Waals surface area (Å²) < 4.78 is 16.2. The molecule has 0 N–H and O–H groups in total. The third kappa shape index (κ3) is 4.90. The van der Waals surface area contributed by atoms with Crippen molar-refractivity contribution in [3.8, 4) is 17.0 Å². The molecule has 0 saturated heterocycles. The zero-order valence-electron chi connectivity index (χ0n) is 19.2. The number of aryl methyl sites for hydroxylation is 1. The predicted octanol–water partition coefficient (Wildman–Crippen LogP) is 5.36. The van der Waals surface area contributed by atoms with E-state index in [0.29, 0.717) is 17.0 Å². The van der Waals surface area contributed by atoms with Crippen LogP contribution in [-0.2, 0) is 20.7 Å². The number of ether oxygens (including phenoxy) is 3. The average Bonchev–Trinajstić information content (AvgIpc) is 2.78. The van der Waals surface area contributed by atoms with Gasteiger partial charge in [0.2, 0.25) is 0 Å². The number of carbonyl (C=O) groups is 2. The fourth-order valence-electron chi connectivity index (χ4n) is 3.47. The molecule has 0 aliphatic rings. The van der Waals surface area contributed by atoms with Gasteiger partial charge in [0.05, 0.1) is 30.0 Å². The predicted molar refractivity (Wildman–Crippen MR) is 124 cm³/mol. The first-order chi connectivity index (χ1) is 15.3. The van der Waals surface area contributed by atoms with Gasteiger partial charge in [0, 0.05) is 10.9 Å². The van der Waals surface area contributed by atoms with E-state index < -0.39 is 17.5 Å². The van der Waals surface area contributed by atoms with Crippen LogP contribution in [0.1, 0.15) is 50.5 Å². The Morgan fingerprint density at radius 3 is 2.25 bits per heavy atom. The lowest BCUT2D eigenvalue weighted by atomic mass is 9.99. The summed E-state index contributed by atoms with van der Waals surface area (Å²) in [6.07, 6.45) is 0.836. The monoisotopic (exact) mass is 435 g/mol. The Bertz CT molecular complexity index is 1120. The summed E-state index contributed by atoms with van der Waals surface area (Å²) in [5.74, 6) is -0.332. The van der Waals surface area contributed by atoms with Gasteiger partial charge in [0.1, 0.15) is 5.75 Å². The van der Waals surface area contributed by atoms with Gasteiger partial charge in [-0.25, -0.2) is 14.6 Å². The lowest BCUT2D eigenvalue weighted by Gasteiger charge is -2.24. The Morgan fingerprint density at radius 2 is 1.62 bits per heavy atom. The molecule has 0 aliphatic heterocycles. The van der Waals surface area contributed by atoms with Crippen LogP contribution in [0.4, 0.5) is 0 Å². The molecule has 0 saturated carbocycles. The number of nitrogens with zero attached hydrogens (tertiary/aromatic N) is 1. The number of benzene rings is 2. The molecule has 0 bridgehead atoms. The number of hydrogen-bond donors (Lipinski definition) is 0. The van der Waals surface area contributed by atoms with Gasteiger partial charge in [-0.3, -0.25) is 0 Å². The molecule has 6 heteroatoms. The van der Waals surface area contributed by atoms with Crippen molar-refractivity contribution in [1.29, 1.82) is 0 Å². The lowest BCUT2D eigenvalue weighted by molar-refractivity contribution is -0.158. The summed E-state index contributed by atoms with van der Waals surface area (Å²) >= 11 is 0. The highest BCUT2D eigenvalue weighted by molar-refractivity contribution is 6.01. The van der Waals surface area contributed by atoms with Crippen LogP contribution in [0.25, 0.3) is 22.2 Å². The average molecular weight is 436 g/mol. The van der Waals surface area contributed by atoms with Gasteiger partial charge in [-0.05, 0) is 76.1 Å². The topological polar surface area (TPSA) is 74.7 Å². The maximum atomic E-state index is 12.7. The van der Waals surface area contributed by atoms with E-state index in [-0.39, 0.29) is 13.2 Å². The second kappa shape index (κ2) is 9.81. The smallest absolute Gasteiger partial charge is 0.349 e. The molecule has 2 aromatic carbocycles. The zero-order chi connectivity index (χ0) is 23.3. The van der Waals surface area contributed by atoms with Crippen molar-refractivity contribution in [2.45, 2.75) is 46.6 Å². The van der Waals surface area contributed by atoms with Gasteiger partial charge >= 0.3 is 11.9 Å². The van der Waals surface area contributed by atoms with Crippen LogP contribution in [-0.4, -0.2) is 35.7 Å². The van der Waals surface area contributed by atoms with Crippen molar-refractivity contribution < 1.29 is 23.8 Å². The number of carbonyl (C=O) groups excluding carboxylic acids is 2. The summed E-state index contributed by atoms with van der Waals surface area (Å²) in [6.45, 7) is 9.49. The molecule has 1 aromatic heterocycles. The van der Waals surface area contributed by atoms with E-state index in [0.717, 1.165) is 28.5 Å². The summed E-state index contributed by atoms with van der Waals surface area (Å²) in [4.78, 5) is 29.6. The van der Waals surface area contributed by atoms with Crippen LogP contribution in [0.3, 0.4) is 0 Å². The molecule has 1 heterocycles. The molecule has 3 aromatic rings. The number of rotatable bonds is 8. The number of fused-ring (bicyclic) bond motifs is 1. The molecule has 0 atom stereocenters. The Kier molecular flexibility index (Phi) is 7.13. The standard InChI is InChI=1S/C26H29NO5/c1-6-17-10-9-11-22-20(17)16-21(24(28)30-7-2)23(27-22)18-12-14-19(15-13-18)32-26(4,5)25(29)31-8-3/h9-16H,6-8H2,1-5H3. The number of pyridine rings is 1. The van der Waals surface area contributed by atoms with Crippen molar-refractivity contribution in [2.75, 3.05) is 13.2 Å². The van der Waals surface area contributed by atoms with E-state index in [2.05, 4.69) is 6.92 Å². The first kappa shape index (κ1) is 23.3. The van der Waals surface area contributed by atoms with Crippen molar-refractivity contribution in [2.24, 2.45) is 0 Å².